The number of nitrogens with zero attached hydrogens (tertiary/aromatic N) is 1. The molecule has 0 unspecified atom stereocenters. The van der Waals surface area contributed by atoms with E-state index in [2.05, 4.69) is 15.2 Å². The van der Waals surface area contributed by atoms with Crippen LogP contribution in [0.1, 0.15) is 16.1 Å². The highest BCUT2D eigenvalue weighted by atomic mass is 32.2. The lowest BCUT2D eigenvalue weighted by molar-refractivity contribution is 0.102. The first-order valence-electron chi connectivity index (χ1n) is 7.47. The van der Waals surface area contributed by atoms with Crippen LogP contribution in [-0.4, -0.2) is 19.5 Å². The van der Waals surface area contributed by atoms with Crippen molar-refractivity contribution in [1.82, 2.24) is 5.16 Å². The monoisotopic (exact) mass is 375 g/mol. The topological polar surface area (TPSA) is 101 Å². The van der Waals surface area contributed by atoms with Gasteiger partial charge in [0.1, 0.15) is 17.1 Å². The minimum absolute atomic E-state index is 0.102. The van der Waals surface area contributed by atoms with E-state index in [0.717, 1.165) is 24.3 Å². The summed E-state index contributed by atoms with van der Waals surface area (Å²) in [5.74, 6) is -0.690. The van der Waals surface area contributed by atoms with E-state index in [1.807, 2.05) is 0 Å². The fourth-order valence-electron chi connectivity index (χ4n) is 2.20. The molecule has 1 heterocycles. The number of nitrogens with one attached hydrogen (secondary N) is 2. The van der Waals surface area contributed by atoms with Crippen molar-refractivity contribution in [3.63, 3.8) is 0 Å². The maximum absolute atomic E-state index is 13.0. The van der Waals surface area contributed by atoms with Gasteiger partial charge in [-0.3, -0.25) is 9.52 Å². The van der Waals surface area contributed by atoms with Gasteiger partial charge in [-0.25, -0.2) is 12.8 Å². The third-order valence-electron chi connectivity index (χ3n) is 3.54. The predicted octanol–water partition coefficient (Wildman–Crippen LogP) is 3.18. The highest BCUT2D eigenvalue weighted by Crippen LogP contribution is 2.25. The molecule has 1 amide bonds. The highest BCUT2D eigenvalue weighted by molar-refractivity contribution is 7.92. The first kappa shape index (κ1) is 17.6. The fourth-order valence-corrected chi connectivity index (χ4v) is 3.28. The second-order valence-electron chi connectivity index (χ2n) is 5.35. The van der Waals surface area contributed by atoms with Crippen LogP contribution in [0.5, 0.6) is 0 Å². The van der Waals surface area contributed by atoms with Crippen molar-refractivity contribution in [3.05, 3.63) is 71.9 Å². The van der Waals surface area contributed by atoms with E-state index < -0.39 is 21.7 Å². The number of para-hydroxylation sites is 2. The van der Waals surface area contributed by atoms with Gasteiger partial charge in [0.05, 0.1) is 22.5 Å². The normalized spacial score (nSPS) is 11.2. The molecule has 0 aliphatic carbocycles. The first-order valence-corrected chi connectivity index (χ1v) is 8.95. The van der Waals surface area contributed by atoms with Crippen LogP contribution < -0.4 is 10.0 Å². The van der Waals surface area contributed by atoms with Gasteiger partial charge in [-0.1, -0.05) is 17.3 Å². The molecule has 2 N–H and O–H groups in total. The molecule has 134 valence electrons. The van der Waals surface area contributed by atoms with Gasteiger partial charge < -0.3 is 9.84 Å². The minimum Gasteiger partial charge on any atom is -0.361 e. The molecule has 0 fully saturated rings. The van der Waals surface area contributed by atoms with Crippen molar-refractivity contribution in [2.45, 2.75) is 11.8 Å². The molecular formula is C17H14FN3O4S. The van der Waals surface area contributed by atoms with Gasteiger partial charge in [0.15, 0.2) is 0 Å². The van der Waals surface area contributed by atoms with Gasteiger partial charge in [0.25, 0.3) is 15.9 Å². The Balaban J connectivity index is 1.86. The number of hydrogen-bond donors (Lipinski definition) is 2. The smallest absolute Gasteiger partial charge is 0.261 e. The van der Waals surface area contributed by atoms with Gasteiger partial charge in [0, 0.05) is 0 Å². The molecule has 3 rings (SSSR count). The standard InChI is InChI=1S/C17H14FN3O4S/c1-11-14(10-19-25-11)17(22)20-15-4-2-3-5-16(15)21-26(23,24)13-8-6-12(18)7-9-13/h2-10,21H,1H3,(H,20,22). The molecule has 9 heteroatoms. The number of halogens is 1. The molecule has 0 radical (unpaired) electrons. The van der Waals surface area contributed by atoms with Crippen molar-refractivity contribution in [2.24, 2.45) is 0 Å². The molecule has 26 heavy (non-hydrogen) atoms. The second-order valence-corrected chi connectivity index (χ2v) is 7.04. The van der Waals surface area contributed by atoms with Crippen molar-refractivity contribution in [2.75, 3.05) is 10.0 Å². The zero-order chi connectivity index (χ0) is 18.7. The van der Waals surface area contributed by atoms with Crippen LogP contribution >= 0.6 is 0 Å². The van der Waals surface area contributed by atoms with Crippen molar-refractivity contribution in [3.8, 4) is 0 Å². The predicted molar refractivity (Wildman–Crippen MR) is 92.8 cm³/mol. The highest BCUT2D eigenvalue weighted by Gasteiger charge is 2.18. The lowest BCUT2D eigenvalue weighted by Crippen LogP contribution is -2.17. The molecule has 0 spiro atoms. The van der Waals surface area contributed by atoms with Crippen molar-refractivity contribution in [1.29, 1.82) is 0 Å². The summed E-state index contributed by atoms with van der Waals surface area (Å²) in [5, 5.41) is 6.15. The van der Waals surface area contributed by atoms with Gasteiger partial charge in [-0.15, -0.1) is 0 Å². The molecule has 1 aromatic heterocycles. The number of aryl methyl sites for hydroxylation is 1. The third-order valence-corrected chi connectivity index (χ3v) is 4.92. The van der Waals surface area contributed by atoms with E-state index in [-0.39, 0.29) is 21.8 Å². The van der Waals surface area contributed by atoms with E-state index in [0.29, 0.717) is 5.76 Å². The summed E-state index contributed by atoms with van der Waals surface area (Å²) in [6.07, 6.45) is 1.27. The number of carbonyl (C=O) groups excluding carboxylic acids is 1. The Labute approximate surface area is 148 Å². The molecule has 3 aromatic rings. The molecule has 0 atom stereocenters. The number of rotatable bonds is 5. The summed E-state index contributed by atoms with van der Waals surface area (Å²) in [4.78, 5) is 12.2. The van der Waals surface area contributed by atoms with Gasteiger partial charge in [-0.2, -0.15) is 0 Å². The van der Waals surface area contributed by atoms with Crippen LogP contribution in [0.2, 0.25) is 0 Å². The van der Waals surface area contributed by atoms with Crippen LogP contribution in [0.4, 0.5) is 15.8 Å². The van der Waals surface area contributed by atoms with Crippen LogP contribution in [0.3, 0.4) is 0 Å². The summed E-state index contributed by atoms with van der Waals surface area (Å²) in [5.41, 5.74) is 0.657. The third kappa shape index (κ3) is 3.72. The lowest BCUT2D eigenvalue weighted by atomic mass is 10.2. The van der Waals surface area contributed by atoms with Gasteiger partial charge in [-0.05, 0) is 43.3 Å². The number of anilines is 2. The summed E-state index contributed by atoms with van der Waals surface area (Å²) < 4.78 is 45.2. The van der Waals surface area contributed by atoms with E-state index in [9.17, 15) is 17.6 Å². The van der Waals surface area contributed by atoms with Crippen LogP contribution in [-0.2, 0) is 10.0 Å². The Kier molecular flexibility index (Phi) is 4.72. The molecular weight excluding hydrogens is 361 g/mol. The van der Waals surface area contributed by atoms with Crippen molar-refractivity contribution < 1.29 is 22.1 Å². The van der Waals surface area contributed by atoms with E-state index in [4.69, 9.17) is 4.52 Å². The average Bonchev–Trinajstić information content (AvgIpc) is 3.03. The average molecular weight is 375 g/mol. The minimum atomic E-state index is -3.95. The molecule has 0 saturated heterocycles. The fraction of sp³-hybridized carbons (Fsp3) is 0.0588. The SMILES string of the molecule is Cc1oncc1C(=O)Nc1ccccc1NS(=O)(=O)c1ccc(F)cc1. The summed E-state index contributed by atoms with van der Waals surface area (Å²) >= 11 is 0. The number of aromatic nitrogens is 1. The van der Waals surface area contributed by atoms with Crippen LogP contribution in [0.25, 0.3) is 0 Å². The van der Waals surface area contributed by atoms with E-state index in [1.54, 1.807) is 25.1 Å². The number of hydrogen-bond acceptors (Lipinski definition) is 5. The maximum Gasteiger partial charge on any atom is 0.261 e. The first-order chi connectivity index (χ1) is 12.4. The maximum atomic E-state index is 13.0. The van der Waals surface area contributed by atoms with Crippen molar-refractivity contribution >= 4 is 27.3 Å². The Bertz CT molecular complexity index is 1050. The van der Waals surface area contributed by atoms with Crippen LogP contribution in [0.15, 0.2) is 64.1 Å². The number of carbonyl (C=O) groups is 1. The second kappa shape index (κ2) is 6.96. The Hall–Kier alpha value is -3.20. The zero-order valence-corrected chi connectivity index (χ0v) is 14.4. The van der Waals surface area contributed by atoms with Gasteiger partial charge in [0.2, 0.25) is 0 Å². The largest absolute Gasteiger partial charge is 0.361 e. The zero-order valence-electron chi connectivity index (χ0n) is 13.6. The number of benzene rings is 2. The summed E-state index contributed by atoms with van der Waals surface area (Å²) in [6, 6.07) is 10.7. The Morgan fingerprint density at radius 2 is 1.73 bits per heavy atom. The lowest BCUT2D eigenvalue weighted by Gasteiger charge is -2.13. The van der Waals surface area contributed by atoms with Crippen LogP contribution in [0, 0.1) is 12.7 Å². The molecule has 0 bridgehead atoms. The number of amides is 1. The molecule has 0 saturated carbocycles. The number of sulfonamides is 1. The molecule has 7 nitrogen and oxygen atoms in total. The Morgan fingerprint density at radius 3 is 2.35 bits per heavy atom. The molecule has 0 aliphatic rings. The molecule has 2 aromatic carbocycles. The van der Waals surface area contributed by atoms with Gasteiger partial charge >= 0.3 is 0 Å². The van der Waals surface area contributed by atoms with E-state index in [1.165, 1.54) is 12.3 Å². The summed E-state index contributed by atoms with van der Waals surface area (Å²) in [6.45, 7) is 1.59. The Morgan fingerprint density at radius 1 is 1.08 bits per heavy atom. The quantitative estimate of drug-likeness (QED) is 0.713. The summed E-state index contributed by atoms with van der Waals surface area (Å²) in [7, 11) is -3.95. The molecule has 0 aliphatic heterocycles. The van der Waals surface area contributed by atoms with E-state index >= 15 is 0 Å².